The first-order chi connectivity index (χ1) is 15.1. The summed E-state index contributed by atoms with van der Waals surface area (Å²) in [5, 5.41) is 2.72. The van der Waals surface area contributed by atoms with E-state index < -0.39 is 26.0 Å². The summed E-state index contributed by atoms with van der Waals surface area (Å²) in [6, 6.07) is 7.81. The smallest absolute Gasteiger partial charge is 0.272 e. The van der Waals surface area contributed by atoms with E-state index in [0.29, 0.717) is 24.3 Å². The number of rotatable bonds is 9. The van der Waals surface area contributed by atoms with Crippen LogP contribution in [0.25, 0.3) is 0 Å². The van der Waals surface area contributed by atoms with E-state index in [-0.39, 0.29) is 22.9 Å². The standard InChI is InChI=1S/C21H28N4O5S2/c1-3-11-22-31(27,28)16-17-7-9-18(10-8-17)23-21(26)20-14-19(15-24(20)2)32(29,30)25-12-5-4-6-13-25/h3,7-10,14-15,22H,1,4-6,11-13,16H2,2H3,(H,23,26). The molecule has 1 aromatic carbocycles. The van der Waals surface area contributed by atoms with Crippen molar-refractivity contribution in [1.82, 2.24) is 13.6 Å². The number of piperidine rings is 1. The van der Waals surface area contributed by atoms with Crippen molar-refractivity contribution >= 4 is 31.6 Å². The van der Waals surface area contributed by atoms with Gasteiger partial charge < -0.3 is 9.88 Å². The minimum atomic E-state index is -3.64. The molecule has 0 aliphatic carbocycles. The number of amides is 1. The molecule has 1 fully saturated rings. The van der Waals surface area contributed by atoms with E-state index in [1.165, 1.54) is 27.2 Å². The van der Waals surface area contributed by atoms with Crippen LogP contribution in [0.2, 0.25) is 0 Å². The third-order valence-electron chi connectivity index (χ3n) is 5.18. The number of aromatic nitrogens is 1. The highest BCUT2D eigenvalue weighted by Gasteiger charge is 2.28. The maximum absolute atomic E-state index is 12.9. The summed E-state index contributed by atoms with van der Waals surface area (Å²) in [7, 11) is -5.49. The number of sulfonamides is 2. The molecule has 0 bridgehead atoms. The molecule has 32 heavy (non-hydrogen) atoms. The lowest BCUT2D eigenvalue weighted by Crippen LogP contribution is -2.35. The number of hydrogen-bond donors (Lipinski definition) is 2. The van der Waals surface area contributed by atoms with Gasteiger partial charge in [-0.15, -0.1) is 6.58 Å². The van der Waals surface area contributed by atoms with Gasteiger partial charge in [-0.1, -0.05) is 24.6 Å². The maximum Gasteiger partial charge on any atom is 0.272 e. The minimum Gasteiger partial charge on any atom is -0.345 e. The highest BCUT2D eigenvalue weighted by atomic mass is 32.2. The molecule has 11 heteroatoms. The predicted molar refractivity (Wildman–Crippen MR) is 123 cm³/mol. The Morgan fingerprint density at radius 1 is 1.09 bits per heavy atom. The van der Waals surface area contributed by atoms with Crippen molar-refractivity contribution in [2.24, 2.45) is 7.05 Å². The van der Waals surface area contributed by atoms with Crippen molar-refractivity contribution < 1.29 is 21.6 Å². The molecule has 0 spiro atoms. The summed E-state index contributed by atoms with van der Waals surface area (Å²) in [4.78, 5) is 12.8. The molecule has 2 heterocycles. The largest absolute Gasteiger partial charge is 0.345 e. The molecular weight excluding hydrogens is 452 g/mol. The van der Waals surface area contributed by atoms with Crippen LogP contribution in [0.5, 0.6) is 0 Å². The van der Waals surface area contributed by atoms with Gasteiger partial charge in [-0.25, -0.2) is 21.6 Å². The Morgan fingerprint density at radius 2 is 1.75 bits per heavy atom. The molecule has 1 amide bonds. The zero-order valence-electron chi connectivity index (χ0n) is 18.0. The lowest BCUT2D eigenvalue weighted by Gasteiger charge is -2.25. The Hall–Kier alpha value is -2.47. The summed E-state index contributed by atoms with van der Waals surface area (Å²) in [6.45, 7) is 4.61. The molecule has 174 valence electrons. The zero-order chi connectivity index (χ0) is 23.4. The molecular formula is C21H28N4O5S2. The first kappa shape index (κ1) is 24.2. The van der Waals surface area contributed by atoms with Gasteiger partial charge in [-0.2, -0.15) is 4.31 Å². The van der Waals surface area contributed by atoms with Gasteiger partial charge in [0.15, 0.2) is 0 Å². The van der Waals surface area contributed by atoms with Crippen molar-refractivity contribution in [2.75, 3.05) is 25.0 Å². The highest BCUT2D eigenvalue weighted by molar-refractivity contribution is 7.89. The summed E-state index contributed by atoms with van der Waals surface area (Å²) >= 11 is 0. The van der Waals surface area contributed by atoms with Crippen LogP contribution in [0.15, 0.2) is 54.1 Å². The fourth-order valence-electron chi connectivity index (χ4n) is 3.49. The fourth-order valence-corrected chi connectivity index (χ4v) is 6.19. The first-order valence-electron chi connectivity index (χ1n) is 10.3. The molecule has 1 saturated heterocycles. The molecule has 1 aliphatic rings. The van der Waals surface area contributed by atoms with Gasteiger partial charge in [0.05, 0.1) is 5.75 Å². The molecule has 0 atom stereocenters. The second-order valence-corrected chi connectivity index (χ2v) is 11.4. The summed E-state index contributed by atoms with van der Waals surface area (Å²) in [6.07, 6.45) is 5.60. The van der Waals surface area contributed by atoms with Gasteiger partial charge in [0.1, 0.15) is 10.6 Å². The quantitative estimate of drug-likeness (QED) is 0.533. The van der Waals surface area contributed by atoms with E-state index in [9.17, 15) is 21.6 Å². The number of carbonyl (C=O) groups excluding carboxylic acids is 1. The Labute approximate surface area is 189 Å². The highest BCUT2D eigenvalue weighted by Crippen LogP contribution is 2.23. The van der Waals surface area contributed by atoms with Gasteiger partial charge in [0, 0.05) is 38.6 Å². The lowest BCUT2D eigenvalue weighted by atomic mass is 10.2. The van der Waals surface area contributed by atoms with Gasteiger partial charge in [-0.3, -0.25) is 4.79 Å². The van der Waals surface area contributed by atoms with Crippen molar-refractivity contribution in [3.63, 3.8) is 0 Å². The van der Waals surface area contributed by atoms with E-state index in [4.69, 9.17) is 0 Å². The molecule has 1 aliphatic heterocycles. The second kappa shape index (κ2) is 9.99. The van der Waals surface area contributed by atoms with Crippen LogP contribution in [0.4, 0.5) is 5.69 Å². The average molecular weight is 481 g/mol. The van der Waals surface area contributed by atoms with Crippen molar-refractivity contribution in [3.05, 3.63) is 60.4 Å². The first-order valence-corrected chi connectivity index (χ1v) is 13.4. The van der Waals surface area contributed by atoms with E-state index in [0.717, 1.165) is 19.3 Å². The van der Waals surface area contributed by atoms with Crippen molar-refractivity contribution in [3.8, 4) is 0 Å². The number of hydrogen-bond acceptors (Lipinski definition) is 5. The molecule has 3 rings (SSSR count). The fraction of sp³-hybridized carbons (Fsp3) is 0.381. The van der Waals surface area contributed by atoms with E-state index in [2.05, 4.69) is 16.6 Å². The SMILES string of the molecule is C=CCNS(=O)(=O)Cc1ccc(NC(=O)c2cc(S(=O)(=O)N3CCCCC3)cn2C)cc1. The Kier molecular flexibility index (Phi) is 7.55. The molecule has 9 nitrogen and oxygen atoms in total. The third-order valence-corrected chi connectivity index (χ3v) is 8.37. The number of benzene rings is 1. The molecule has 0 radical (unpaired) electrons. The molecule has 0 unspecified atom stereocenters. The Bertz CT molecular complexity index is 1180. The minimum absolute atomic E-state index is 0.0969. The molecule has 2 aromatic rings. The van der Waals surface area contributed by atoms with Crippen LogP contribution in [0.1, 0.15) is 35.3 Å². The van der Waals surface area contributed by atoms with Crippen LogP contribution in [-0.4, -0.2) is 51.2 Å². The average Bonchev–Trinajstić information content (AvgIpc) is 3.17. The predicted octanol–water partition coefficient (Wildman–Crippen LogP) is 2.06. The van der Waals surface area contributed by atoms with Crippen molar-refractivity contribution in [1.29, 1.82) is 0 Å². The molecule has 1 aromatic heterocycles. The normalized spacial score (nSPS) is 15.4. The summed E-state index contributed by atoms with van der Waals surface area (Å²) in [5.41, 5.74) is 1.24. The van der Waals surface area contributed by atoms with Crippen LogP contribution >= 0.6 is 0 Å². The third kappa shape index (κ3) is 5.85. The van der Waals surface area contributed by atoms with Crippen LogP contribution in [-0.2, 0) is 32.8 Å². The molecule has 0 saturated carbocycles. The van der Waals surface area contributed by atoms with E-state index >= 15 is 0 Å². The Morgan fingerprint density at radius 3 is 2.38 bits per heavy atom. The van der Waals surface area contributed by atoms with Gasteiger partial charge in [-0.05, 0) is 36.6 Å². The number of nitrogens with one attached hydrogen (secondary N) is 2. The monoisotopic (exact) mass is 480 g/mol. The van der Waals surface area contributed by atoms with Gasteiger partial charge in [0.25, 0.3) is 5.91 Å². The number of nitrogens with zero attached hydrogens (tertiary/aromatic N) is 2. The Balaban J connectivity index is 1.69. The van der Waals surface area contributed by atoms with E-state index in [1.54, 1.807) is 31.3 Å². The van der Waals surface area contributed by atoms with Crippen molar-refractivity contribution in [2.45, 2.75) is 29.9 Å². The number of anilines is 1. The topological polar surface area (TPSA) is 118 Å². The maximum atomic E-state index is 12.9. The van der Waals surface area contributed by atoms with Crippen LogP contribution in [0, 0.1) is 0 Å². The van der Waals surface area contributed by atoms with Crippen LogP contribution < -0.4 is 10.0 Å². The lowest BCUT2D eigenvalue weighted by molar-refractivity contribution is 0.101. The van der Waals surface area contributed by atoms with Crippen LogP contribution in [0.3, 0.4) is 0 Å². The number of carbonyl (C=O) groups is 1. The zero-order valence-corrected chi connectivity index (χ0v) is 19.6. The van der Waals surface area contributed by atoms with Gasteiger partial charge in [0.2, 0.25) is 20.0 Å². The summed E-state index contributed by atoms with van der Waals surface area (Å²) in [5.74, 6) is -0.648. The summed E-state index contributed by atoms with van der Waals surface area (Å²) < 4.78 is 55.0. The van der Waals surface area contributed by atoms with E-state index in [1.807, 2.05) is 0 Å². The second-order valence-electron chi connectivity index (χ2n) is 7.68. The molecule has 2 N–H and O–H groups in total. The number of aryl methyl sites for hydroxylation is 1. The van der Waals surface area contributed by atoms with Gasteiger partial charge >= 0.3 is 0 Å².